The molecule has 3 aromatic rings. The van der Waals surface area contributed by atoms with Crippen LogP contribution in [0.3, 0.4) is 0 Å². The van der Waals surface area contributed by atoms with E-state index in [1.54, 1.807) is 19.1 Å². The highest BCUT2D eigenvalue weighted by Crippen LogP contribution is 2.43. The molecule has 9 nitrogen and oxygen atoms in total. The Labute approximate surface area is 244 Å². The number of fused-ring (bicyclic) bond motifs is 1. The smallest absolute Gasteiger partial charge is 0.383 e. The molecule has 0 spiro atoms. The average molecular weight is 605 g/mol. The monoisotopic (exact) mass is 604 g/mol. The molecular formula is C28H29ClF4N8O. The molecule has 1 fully saturated rings. The summed E-state index contributed by atoms with van der Waals surface area (Å²) in [6.45, 7) is 7.25. The number of nitriles is 1. The van der Waals surface area contributed by atoms with E-state index in [1.165, 1.54) is 24.5 Å². The number of hydrogen-bond donors (Lipinski definition) is 4. The zero-order valence-electron chi connectivity index (χ0n) is 23.2. The number of rotatable bonds is 7. The lowest BCUT2D eigenvalue weighted by atomic mass is 9.95. The van der Waals surface area contributed by atoms with Crippen molar-refractivity contribution in [1.82, 2.24) is 25.9 Å². The first-order valence-electron chi connectivity index (χ1n) is 13.1. The van der Waals surface area contributed by atoms with Gasteiger partial charge < -0.3 is 20.8 Å². The van der Waals surface area contributed by atoms with Gasteiger partial charge >= 0.3 is 6.18 Å². The number of alkyl halides is 3. The summed E-state index contributed by atoms with van der Waals surface area (Å²) >= 11 is 6.66. The molecule has 4 N–H and O–H groups in total. The molecule has 4 heterocycles. The fraction of sp³-hybridized carbons (Fsp3) is 0.393. The quantitative estimate of drug-likeness (QED) is 0.199. The van der Waals surface area contributed by atoms with Crippen LogP contribution in [0.4, 0.5) is 28.9 Å². The Hall–Kier alpha value is -3.86. The Bertz CT molecular complexity index is 1590. The van der Waals surface area contributed by atoms with Crippen molar-refractivity contribution in [1.29, 1.82) is 5.26 Å². The normalized spacial score (nSPS) is 17.2. The number of aromatic nitrogens is 2. The summed E-state index contributed by atoms with van der Waals surface area (Å²) in [4.78, 5) is 8.30. The van der Waals surface area contributed by atoms with E-state index in [4.69, 9.17) is 16.3 Å². The van der Waals surface area contributed by atoms with Crippen molar-refractivity contribution >= 4 is 33.9 Å². The van der Waals surface area contributed by atoms with Gasteiger partial charge in [0, 0.05) is 41.3 Å². The summed E-state index contributed by atoms with van der Waals surface area (Å²) in [5.74, 6) is -0.691. The number of anilines is 2. The molecule has 0 bridgehead atoms. The average Bonchev–Trinajstić information content (AvgIpc) is 3.33. The third kappa shape index (κ3) is 5.49. The van der Waals surface area contributed by atoms with Crippen LogP contribution in [0.15, 0.2) is 42.4 Å². The molecule has 0 saturated carbocycles. The summed E-state index contributed by atoms with van der Waals surface area (Å²) < 4.78 is 60.9. The minimum atomic E-state index is -4.57. The van der Waals surface area contributed by atoms with Gasteiger partial charge in [0.25, 0.3) is 0 Å². The van der Waals surface area contributed by atoms with E-state index >= 15 is 0 Å². The molecule has 0 aliphatic carbocycles. The van der Waals surface area contributed by atoms with Crippen LogP contribution < -0.4 is 21.6 Å². The number of halogens is 5. The lowest BCUT2D eigenvalue weighted by Gasteiger charge is -2.47. The van der Waals surface area contributed by atoms with Gasteiger partial charge in [-0.3, -0.25) is 9.99 Å². The molecule has 0 unspecified atom stereocenters. The SMILES string of the molecule is Cc1nc(F)ccc1[C@H](Nc1cc(Cl)c2ncc(C#N)c(NCC(C)(C)C)c2c1)C1=CN(C2(C(F)(F)F)COC2)NN1. The molecule has 0 amide bonds. The Morgan fingerprint density at radius 2 is 1.98 bits per heavy atom. The summed E-state index contributed by atoms with van der Waals surface area (Å²) in [7, 11) is 0. The van der Waals surface area contributed by atoms with Crippen LogP contribution in [0, 0.1) is 29.6 Å². The molecule has 0 radical (unpaired) electrons. The van der Waals surface area contributed by atoms with E-state index in [-0.39, 0.29) is 5.41 Å². The maximum atomic E-state index is 14.0. The third-order valence-electron chi connectivity index (χ3n) is 7.13. The predicted octanol–water partition coefficient (Wildman–Crippen LogP) is 5.71. The molecule has 2 aliphatic heterocycles. The lowest BCUT2D eigenvalue weighted by molar-refractivity contribution is -0.305. The summed E-state index contributed by atoms with van der Waals surface area (Å²) in [5, 5.41) is 18.3. The van der Waals surface area contributed by atoms with Crippen molar-refractivity contribution in [2.24, 2.45) is 5.41 Å². The zero-order chi connectivity index (χ0) is 30.4. The summed E-state index contributed by atoms with van der Waals surface area (Å²) in [6.07, 6.45) is -1.81. The molecule has 2 aliphatic rings. The fourth-order valence-electron chi connectivity index (χ4n) is 4.75. The maximum absolute atomic E-state index is 14.0. The second-order valence-corrected chi connectivity index (χ2v) is 11.9. The molecule has 5 rings (SSSR count). The van der Waals surface area contributed by atoms with Crippen molar-refractivity contribution < 1.29 is 22.3 Å². The molecule has 1 saturated heterocycles. The Morgan fingerprint density at radius 1 is 1.24 bits per heavy atom. The van der Waals surface area contributed by atoms with Gasteiger partial charge in [-0.2, -0.15) is 22.8 Å². The number of aryl methyl sites for hydroxylation is 1. The maximum Gasteiger partial charge on any atom is 0.417 e. The van der Waals surface area contributed by atoms with Crippen molar-refractivity contribution in [2.45, 2.75) is 45.5 Å². The van der Waals surface area contributed by atoms with E-state index in [0.29, 0.717) is 56.4 Å². The van der Waals surface area contributed by atoms with E-state index in [1.807, 2.05) is 0 Å². The minimum Gasteiger partial charge on any atom is -0.383 e. The van der Waals surface area contributed by atoms with Gasteiger partial charge in [-0.15, -0.1) is 5.53 Å². The van der Waals surface area contributed by atoms with Crippen molar-refractivity contribution in [3.63, 3.8) is 0 Å². The van der Waals surface area contributed by atoms with Gasteiger partial charge in [0.05, 0.1) is 46.7 Å². The van der Waals surface area contributed by atoms with Crippen molar-refractivity contribution in [3.05, 3.63) is 70.2 Å². The van der Waals surface area contributed by atoms with Crippen LogP contribution in [-0.4, -0.2) is 46.5 Å². The molecular weight excluding hydrogens is 576 g/mol. The first-order valence-corrected chi connectivity index (χ1v) is 13.4. The van der Waals surface area contributed by atoms with Crippen LogP contribution in [0.25, 0.3) is 10.9 Å². The molecule has 222 valence electrons. The molecule has 14 heteroatoms. The predicted molar refractivity (Wildman–Crippen MR) is 151 cm³/mol. The van der Waals surface area contributed by atoms with E-state index in [9.17, 15) is 22.8 Å². The highest BCUT2D eigenvalue weighted by atomic mass is 35.5. The molecule has 1 aromatic carbocycles. The summed E-state index contributed by atoms with van der Waals surface area (Å²) in [5.41, 5.74) is 6.07. The Morgan fingerprint density at radius 3 is 2.57 bits per heavy atom. The number of nitrogens with zero attached hydrogens (tertiary/aromatic N) is 4. The van der Waals surface area contributed by atoms with Gasteiger partial charge in [-0.1, -0.05) is 38.4 Å². The number of benzene rings is 1. The topological polar surface area (TPSA) is 110 Å². The standard InChI is InChI=1S/C28H29ClF4N8O/c1-15-18(5-6-22(30)37-15)25(21-11-41(40-39-21)27(13-42-14-27)28(31,32)33)38-17-7-19-23(36-12-26(2,3)4)16(9-34)10-35-24(19)20(29)8-17/h5-8,10-11,25,38-40H,12-14H2,1-4H3,(H,35,36)/t25-/m0/s1. The van der Waals surface area contributed by atoms with Crippen LogP contribution in [-0.2, 0) is 4.74 Å². The van der Waals surface area contributed by atoms with E-state index < -0.39 is 36.9 Å². The second-order valence-electron chi connectivity index (χ2n) is 11.5. The van der Waals surface area contributed by atoms with Gasteiger partial charge in [0.2, 0.25) is 5.95 Å². The number of nitrogens with one attached hydrogen (secondary N) is 4. The lowest BCUT2D eigenvalue weighted by Crippen LogP contribution is -2.71. The number of ether oxygens (including phenoxy) is 1. The molecule has 42 heavy (non-hydrogen) atoms. The van der Waals surface area contributed by atoms with Crippen molar-refractivity contribution in [3.8, 4) is 6.07 Å². The third-order valence-corrected chi connectivity index (χ3v) is 7.41. The molecule has 2 aromatic heterocycles. The highest BCUT2D eigenvalue weighted by Gasteiger charge is 2.64. The fourth-order valence-corrected chi connectivity index (χ4v) is 5.02. The Balaban J connectivity index is 1.59. The first-order chi connectivity index (χ1) is 19.7. The van der Waals surface area contributed by atoms with Crippen LogP contribution in [0.2, 0.25) is 5.02 Å². The van der Waals surface area contributed by atoms with Gasteiger partial charge in [-0.05, 0) is 30.5 Å². The van der Waals surface area contributed by atoms with Crippen LogP contribution in [0.5, 0.6) is 0 Å². The second kappa shape index (κ2) is 10.8. The van der Waals surface area contributed by atoms with Crippen LogP contribution >= 0.6 is 11.6 Å². The highest BCUT2D eigenvalue weighted by molar-refractivity contribution is 6.35. The van der Waals surface area contributed by atoms with Gasteiger partial charge in [0.15, 0.2) is 5.54 Å². The van der Waals surface area contributed by atoms with Gasteiger partial charge in [0.1, 0.15) is 6.07 Å². The summed E-state index contributed by atoms with van der Waals surface area (Å²) in [6, 6.07) is 7.44. The number of hydrogen-bond acceptors (Lipinski definition) is 9. The Kier molecular flexibility index (Phi) is 7.59. The largest absolute Gasteiger partial charge is 0.417 e. The van der Waals surface area contributed by atoms with E-state index in [2.05, 4.69) is 58.4 Å². The van der Waals surface area contributed by atoms with Crippen molar-refractivity contribution in [2.75, 3.05) is 30.4 Å². The van der Waals surface area contributed by atoms with E-state index in [0.717, 1.165) is 5.01 Å². The number of pyridine rings is 2. The zero-order valence-corrected chi connectivity index (χ0v) is 24.0. The van der Waals surface area contributed by atoms with Gasteiger partial charge in [-0.25, -0.2) is 4.98 Å². The first kappa shape index (κ1) is 29.6. The minimum absolute atomic E-state index is 0.0983. The van der Waals surface area contributed by atoms with Crippen LogP contribution in [0.1, 0.15) is 43.6 Å². The molecule has 1 atom stereocenters. The number of hydrazine groups is 2.